The third kappa shape index (κ3) is 8.27. The van der Waals surface area contributed by atoms with E-state index in [1.165, 1.54) is 0 Å². The van der Waals surface area contributed by atoms with Crippen LogP contribution in [-0.4, -0.2) is 55.5 Å². The highest BCUT2D eigenvalue weighted by molar-refractivity contribution is 5.84. The first-order valence-electron chi connectivity index (χ1n) is 11.5. The lowest BCUT2D eigenvalue weighted by Crippen LogP contribution is -2.50. The van der Waals surface area contributed by atoms with E-state index >= 15 is 0 Å². The van der Waals surface area contributed by atoms with Gasteiger partial charge in [-0.05, 0) is 63.8 Å². The molecule has 5 atom stereocenters. The molecule has 32 heavy (non-hydrogen) atoms. The molecule has 11 heteroatoms. The lowest BCUT2D eigenvalue weighted by Gasteiger charge is -2.42. The molecule has 1 saturated heterocycles. The first-order chi connectivity index (χ1) is 15.3. The highest BCUT2D eigenvalue weighted by Crippen LogP contribution is 2.40. The Kier molecular flexibility index (Phi) is 10.7. The Morgan fingerprint density at radius 2 is 1.94 bits per heavy atom. The highest BCUT2D eigenvalue weighted by atomic mass is 16.5. The molecule has 1 aliphatic heterocycles. The smallest absolute Gasteiger partial charge is 0.328 e. The molecule has 0 bridgehead atoms. The van der Waals surface area contributed by atoms with Gasteiger partial charge in [0.05, 0.1) is 13.0 Å². The molecule has 1 amide bonds. The number of carbonyl (C=O) groups excluding carboxylic acids is 3. The Balaban J connectivity index is 1.71. The molecule has 0 aromatic heterocycles. The van der Waals surface area contributed by atoms with E-state index in [9.17, 15) is 14.4 Å². The number of hydrogen-bond acceptors (Lipinski definition) is 9. The van der Waals surface area contributed by atoms with E-state index in [0.29, 0.717) is 30.0 Å². The van der Waals surface area contributed by atoms with Crippen LogP contribution in [0.25, 0.3) is 0 Å². The number of carbonyl (C=O) groups is 3. The number of hydrazone groups is 1. The number of rotatable bonds is 11. The van der Waals surface area contributed by atoms with Crippen LogP contribution >= 0.6 is 0 Å². The molecule has 2 fully saturated rings. The zero-order valence-corrected chi connectivity index (χ0v) is 19.1. The summed E-state index contributed by atoms with van der Waals surface area (Å²) in [4.78, 5) is 36.0. The summed E-state index contributed by atoms with van der Waals surface area (Å²) in [6.45, 7) is 4.28. The predicted octanol–water partition coefficient (Wildman–Crippen LogP) is -0.102. The first-order valence-corrected chi connectivity index (χ1v) is 11.5. The van der Waals surface area contributed by atoms with Crippen molar-refractivity contribution in [1.29, 1.82) is 0 Å². The minimum atomic E-state index is -0.734. The zero-order chi connectivity index (χ0) is 23.5. The van der Waals surface area contributed by atoms with Gasteiger partial charge in [-0.15, -0.1) is 0 Å². The number of fused-ring (bicyclic) bond motifs is 1. The topological polar surface area (TPSA) is 170 Å². The van der Waals surface area contributed by atoms with Crippen LogP contribution in [0.15, 0.2) is 5.10 Å². The summed E-state index contributed by atoms with van der Waals surface area (Å²) in [5.74, 6) is 6.07. The summed E-state index contributed by atoms with van der Waals surface area (Å²) in [6.07, 6.45) is 5.75. The summed E-state index contributed by atoms with van der Waals surface area (Å²) >= 11 is 0. The molecule has 2 rings (SSSR count). The molecule has 11 nitrogen and oxygen atoms in total. The van der Waals surface area contributed by atoms with E-state index in [-0.39, 0.29) is 37.6 Å². The second-order valence-corrected chi connectivity index (χ2v) is 8.63. The lowest BCUT2D eigenvalue weighted by molar-refractivity contribution is -0.150. The van der Waals surface area contributed by atoms with Gasteiger partial charge in [0, 0.05) is 6.42 Å². The maximum absolute atomic E-state index is 12.5. The van der Waals surface area contributed by atoms with E-state index in [0.717, 1.165) is 38.6 Å². The van der Waals surface area contributed by atoms with Gasteiger partial charge in [-0.1, -0.05) is 6.42 Å². The van der Waals surface area contributed by atoms with Crippen LogP contribution in [0.5, 0.6) is 0 Å². The number of piperidine rings is 1. The molecule has 0 aromatic carbocycles. The number of esters is 2. The predicted molar refractivity (Wildman–Crippen MR) is 119 cm³/mol. The van der Waals surface area contributed by atoms with Crippen LogP contribution in [0.3, 0.4) is 0 Å². The van der Waals surface area contributed by atoms with Crippen molar-refractivity contribution in [3.05, 3.63) is 0 Å². The van der Waals surface area contributed by atoms with Crippen molar-refractivity contribution >= 4 is 23.7 Å². The van der Waals surface area contributed by atoms with E-state index in [1.807, 2.05) is 0 Å². The summed E-state index contributed by atoms with van der Waals surface area (Å²) < 4.78 is 10.2. The van der Waals surface area contributed by atoms with Gasteiger partial charge in [-0.2, -0.15) is 5.10 Å². The van der Waals surface area contributed by atoms with E-state index in [2.05, 4.69) is 21.3 Å². The third-order valence-corrected chi connectivity index (χ3v) is 6.31. The van der Waals surface area contributed by atoms with E-state index in [1.54, 1.807) is 13.8 Å². The molecule has 1 saturated carbocycles. The van der Waals surface area contributed by atoms with Crippen molar-refractivity contribution in [2.24, 2.45) is 34.4 Å². The average Bonchev–Trinajstić information content (AvgIpc) is 2.77. The van der Waals surface area contributed by atoms with Gasteiger partial charge < -0.3 is 25.8 Å². The van der Waals surface area contributed by atoms with Crippen LogP contribution in [0, 0.1) is 17.8 Å². The molecule has 0 radical (unpaired) electrons. The molecule has 7 N–H and O–H groups in total. The molecule has 182 valence electrons. The van der Waals surface area contributed by atoms with Crippen molar-refractivity contribution in [3.8, 4) is 0 Å². The molecule has 1 aliphatic carbocycles. The number of amides is 1. The van der Waals surface area contributed by atoms with Gasteiger partial charge >= 0.3 is 11.9 Å². The van der Waals surface area contributed by atoms with Crippen molar-refractivity contribution < 1.29 is 23.9 Å². The fourth-order valence-corrected chi connectivity index (χ4v) is 4.58. The first kappa shape index (κ1) is 25.9. The van der Waals surface area contributed by atoms with E-state index in [4.69, 9.17) is 21.1 Å². The number of nitrogens with two attached hydrogens (primary N) is 2. The largest absolute Gasteiger partial charge is 0.464 e. The minimum absolute atomic E-state index is 0.00301. The maximum Gasteiger partial charge on any atom is 0.328 e. The van der Waals surface area contributed by atoms with Gasteiger partial charge in [0.15, 0.2) is 0 Å². The maximum atomic E-state index is 12.5. The lowest BCUT2D eigenvalue weighted by atomic mass is 9.69. The SMILES string of the molecule is CCOC(=O)C(C)NC(=O)CCOC(=O)C1CC2CC(CC/C(N)=N/NN)CCC2CN1. The Morgan fingerprint density at radius 3 is 2.66 bits per heavy atom. The Bertz CT molecular complexity index is 673. The summed E-state index contributed by atoms with van der Waals surface area (Å²) in [5.41, 5.74) is 8.02. The summed E-state index contributed by atoms with van der Waals surface area (Å²) in [7, 11) is 0. The molecule has 5 unspecified atom stereocenters. The van der Waals surface area contributed by atoms with Crippen LogP contribution in [0.1, 0.15) is 58.8 Å². The standard InChI is InChI=1S/C21H38N6O5/c1-3-31-20(29)13(2)25-19(28)8-9-32-21(30)17-11-16-10-14(4-6-15(16)12-24-17)5-7-18(22)26-27-23/h13-17,24,27H,3-12,23H2,1-2H3,(H2,22,26)(H,25,28). The fraction of sp³-hybridized carbons (Fsp3) is 0.810. The van der Waals surface area contributed by atoms with Gasteiger partial charge in [0.1, 0.15) is 24.5 Å². The quantitative estimate of drug-likeness (QED) is 0.0940. The molecule has 1 heterocycles. The number of hydrazine groups is 1. The van der Waals surface area contributed by atoms with Gasteiger partial charge in [-0.25, -0.2) is 16.2 Å². The summed E-state index contributed by atoms with van der Waals surface area (Å²) in [6, 6.07) is -1.09. The Hall–Kier alpha value is -2.40. The van der Waals surface area contributed by atoms with Crippen LogP contribution in [0.2, 0.25) is 0 Å². The molecular weight excluding hydrogens is 416 g/mol. The molecule has 0 spiro atoms. The minimum Gasteiger partial charge on any atom is -0.464 e. The highest BCUT2D eigenvalue weighted by Gasteiger charge is 2.38. The summed E-state index contributed by atoms with van der Waals surface area (Å²) in [5, 5.41) is 9.64. The Labute approximate surface area is 189 Å². The number of hydrogen-bond donors (Lipinski definition) is 5. The third-order valence-electron chi connectivity index (χ3n) is 6.31. The van der Waals surface area contributed by atoms with Crippen molar-refractivity contribution in [2.45, 2.75) is 70.9 Å². The number of ether oxygens (including phenoxy) is 2. The van der Waals surface area contributed by atoms with Crippen LogP contribution in [-0.2, 0) is 23.9 Å². The molecule has 0 aromatic rings. The molecular formula is C21H38N6O5. The van der Waals surface area contributed by atoms with Crippen LogP contribution < -0.4 is 27.7 Å². The number of nitrogens with one attached hydrogen (secondary N) is 3. The zero-order valence-electron chi connectivity index (χ0n) is 19.1. The second-order valence-electron chi connectivity index (χ2n) is 8.63. The number of nitrogens with zero attached hydrogens (tertiary/aromatic N) is 1. The van der Waals surface area contributed by atoms with Crippen molar-refractivity contribution in [1.82, 2.24) is 16.2 Å². The Morgan fingerprint density at radius 1 is 1.16 bits per heavy atom. The molecule has 2 aliphatic rings. The van der Waals surface area contributed by atoms with Crippen molar-refractivity contribution in [2.75, 3.05) is 19.8 Å². The fourth-order valence-electron chi connectivity index (χ4n) is 4.58. The van der Waals surface area contributed by atoms with Gasteiger partial charge in [0.25, 0.3) is 0 Å². The van der Waals surface area contributed by atoms with Crippen molar-refractivity contribution in [3.63, 3.8) is 0 Å². The monoisotopic (exact) mass is 454 g/mol. The average molecular weight is 455 g/mol. The number of amidine groups is 1. The normalized spacial score (nSPS) is 26.4. The van der Waals surface area contributed by atoms with Gasteiger partial charge in [0.2, 0.25) is 5.91 Å². The van der Waals surface area contributed by atoms with E-state index < -0.39 is 12.0 Å². The van der Waals surface area contributed by atoms with Gasteiger partial charge in [-0.3, -0.25) is 9.59 Å². The second kappa shape index (κ2) is 13.2. The van der Waals surface area contributed by atoms with Crippen LogP contribution in [0.4, 0.5) is 0 Å².